The predicted octanol–water partition coefficient (Wildman–Crippen LogP) is 0.0695. The molecule has 13 N–H and O–H groups in total. The Morgan fingerprint density at radius 2 is 1.44 bits per heavy atom. The molecule has 2 aromatic carbocycles. The van der Waals surface area contributed by atoms with Gasteiger partial charge in [-0.2, -0.15) is 0 Å². The first kappa shape index (κ1) is 36.3. The second kappa shape index (κ2) is 18.1. The van der Waals surface area contributed by atoms with Crippen LogP contribution >= 0.6 is 11.6 Å². The highest BCUT2D eigenvalue weighted by molar-refractivity contribution is 6.30. The van der Waals surface area contributed by atoms with E-state index in [-0.39, 0.29) is 50.1 Å². The highest BCUT2D eigenvalue weighted by Crippen LogP contribution is 2.15. The van der Waals surface area contributed by atoms with E-state index in [1.165, 1.54) is 0 Å². The molecule has 45 heavy (non-hydrogen) atoms. The third kappa shape index (κ3) is 14.0. The van der Waals surface area contributed by atoms with Gasteiger partial charge in [-0.05, 0) is 60.6 Å². The number of rotatable bonds is 17. The zero-order valence-corrected chi connectivity index (χ0v) is 26.2. The van der Waals surface area contributed by atoms with Gasteiger partial charge < -0.3 is 44.6 Å². The van der Waals surface area contributed by atoms with Crippen molar-refractivity contribution >= 4 is 52.8 Å². The second-order valence-electron chi connectivity index (χ2n) is 10.9. The number of carbonyl (C=O) groups is 4. The van der Waals surface area contributed by atoms with Gasteiger partial charge in [0.2, 0.25) is 23.6 Å². The first-order valence-corrected chi connectivity index (χ1v) is 14.8. The Hall–Kier alpha value is -4.85. The van der Waals surface area contributed by atoms with Gasteiger partial charge in [0, 0.05) is 18.0 Å². The smallest absolute Gasteiger partial charge is 0.243 e. The molecule has 2 rings (SSSR count). The van der Waals surface area contributed by atoms with Crippen LogP contribution in [0.2, 0.25) is 5.02 Å². The summed E-state index contributed by atoms with van der Waals surface area (Å²) in [5, 5.41) is 8.63. The summed E-state index contributed by atoms with van der Waals surface area (Å²) in [6.45, 7) is 4.00. The molecule has 244 valence electrons. The van der Waals surface area contributed by atoms with Crippen LogP contribution in [0.1, 0.15) is 44.2 Å². The number of benzene rings is 2. The fourth-order valence-corrected chi connectivity index (χ4v) is 4.62. The lowest BCUT2D eigenvalue weighted by Gasteiger charge is -2.26. The van der Waals surface area contributed by atoms with E-state index in [2.05, 4.69) is 25.9 Å². The van der Waals surface area contributed by atoms with E-state index in [1.54, 1.807) is 48.5 Å². The SMILES string of the molecule is CC(C)C[C@H](NC(=O)[C@H](CCCN=C(N)N)NC(=O)Cc1ccc(N=C(N)N)cc1)C(=O)N[C@@H](Cc1cccc(Cl)c1)C(N)=O. The standard InChI is InChI=1S/C30H43ClN10O4/c1-17(2)13-24(28(45)40-23(26(32)43)15-19-5-3-6-20(31)14-19)41-27(44)22(7-4-12-37-29(33)34)39-25(42)16-18-8-10-21(11-9-18)38-30(35)36/h3,5-6,8-11,14,17,22-24H,4,7,12-13,15-16H2,1-2H3,(H2,32,43)(H,39,42)(H,40,45)(H,41,44)(H4,33,34,37)(H4,35,36,38)/t22-,23-,24-/m0/s1. The first-order valence-electron chi connectivity index (χ1n) is 14.4. The number of nitrogens with zero attached hydrogens (tertiary/aromatic N) is 2. The summed E-state index contributed by atoms with van der Waals surface area (Å²) in [7, 11) is 0. The maximum atomic E-state index is 13.5. The van der Waals surface area contributed by atoms with Crippen LogP contribution in [0.3, 0.4) is 0 Å². The van der Waals surface area contributed by atoms with Gasteiger partial charge in [-0.3, -0.25) is 24.2 Å². The van der Waals surface area contributed by atoms with Gasteiger partial charge in [0.1, 0.15) is 18.1 Å². The molecule has 0 aliphatic heterocycles. The Kier molecular flexibility index (Phi) is 14.6. The van der Waals surface area contributed by atoms with Gasteiger partial charge in [0.05, 0.1) is 12.1 Å². The number of hydrogen-bond acceptors (Lipinski definition) is 6. The molecule has 3 atom stereocenters. The van der Waals surface area contributed by atoms with Crippen LogP contribution in [0.15, 0.2) is 58.5 Å². The van der Waals surface area contributed by atoms with Crippen LogP contribution < -0.4 is 44.6 Å². The van der Waals surface area contributed by atoms with Gasteiger partial charge in [-0.1, -0.05) is 49.7 Å². The van der Waals surface area contributed by atoms with Crippen LogP contribution in [-0.4, -0.2) is 60.2 Å². The van der Waals surface area contributed by atoms with Crippen molar-refractivity contribution in [3.8, 4) is 0 Å². The molecule has 0 aliphatic carbocycles. The van der Waals surface area contributed by atoms with Gasteiger partial charge in [-0.25, -0.2) is 4.99 Å². The van der Waals surface area contributed by atoms with E-state index in [0.717, 1.165) is 0 Å². The molecule has 0 unspecified atom stereocenters. The molecule has 0 saturated carbocycles. The minimum absolute atomic E-state index is 0.00200. The zero-order chi connectivity index (χ0) is 33.5. The molecule has 0 saturated heterocycles. The molecular weight excluding hydrogens is 600 g/mol. The van der Waals surface area contributed by atoms with Crippen molar-refractivity contribution in [3.05, 3.63) is 64.7 Å². The van der Waals surface area contributed by atoms with Gasteiger partial charge in [0.25, 0.3) is 0 Å². The number of hydrogen-bond donors (Lipinski definition) is 8. The van der Waals surface area contributed by atoms with Gasteiger partial charge >= 0.3 is 0 Å². The van der Waals surface area contributed by atoms with Crippen LogP contribution in [0.25, 0.3) is 0 Å². The van der Waals surface area contributed by atoms with Crippen LogP contribution in [-0.2, 0) is 32.0 Å². The summed E-state index contributed by atoms with van der Waals surface area (Å²) < 4.78 is 0. The van der Waals surface area contributed by atoms with Crippen molar-refractivity contribution in [1.82, 2.24) is 16.0 Å². The quantitative estimate of drug-likeness (QED) is 0.0663. The average Bonchev–Trinajstić information content (AvgIpc) is 2.94. The predicted molar refractivity (Wildman–Crippen MR) is 175 cm³/mol. The van der Waals surface area contributed by atoms with Gasteiger partial charge in [0.15, 0.2) is 11.9 Å². The van der Waals surface area contributed by atoms with E-state index in [9.17, 15) is 19.2 Å². The number of guanidine groups is 2. The van der Waals surface area contributed by atoms with Crippen molar-refractivity contribution in [1.29, 1.82) is 0 Å². The summed E-state index contributed by atoms with van der Waals surface area (Å²) in [4.78, 5) is 60.0. The molecule has 0 aliphatic rings. The Morgan fingerprint density at radius 1 is 0.800 bits per heavy atom. The third-order valence-corrected chi connectivity index (χ3v) is 6.72. The van der Waals surface area contributed by atoms with E-state index < -0.39 is 41.8 Å². The summed E-state index contributed by atoms with van der Waals surface area (Å²) >= 11 is 6.06. The molecule has 4 amide bonds. The van der Waals surface area contributed by atoms with Crippen molar-refractivity contribution < 1.29 is 19.2 Å². The van der Waals surface area contributed by atoms with Crippen molar-refractivity contribution in [2.75, 3.05) is 6.54 Å². The summed E-state index contributed by atoms with van der Waals surface area (Å²) in [6, 6.07) is 10.5. The monoisotopic (exact) mass is 642 g/mol. The van der Waals surface area contributed by atoms with Crippen LogP contribution in [0.5, 0.6) is 0 Å². The summed E-state index contributed by atoms with van der Waals surface area (Å²) in [5.74, 6) is -2.53. The Bertz CT molecular complexity index is 1370. The molecule has 0 aromatic heterocycles. The van der Waals surface area contributed by atoms with Crippen LogP contribution in [0.4, 0.5) is 5.69 Å². The number of halogens is 1. The molecule has 0 heterocycles. The van der Waals surface area contributed by atoms with E-state index in [0.29, 0.717) is 28.3 Å². The molecule has 0 spiro atoms. The molecule has 0 radical (unpaired) electrons. The normalized spacial score (nSPS) is 12.7. The topological polar surface area (TPSA) is 259 Å². The maximum Gasteiger partial charge on any atom is 0.243 e. The molecular formula is C30H43ClN10O4. The number of nitrogens with one attached hydrogen (secondary N) is 3. The lowest BCUT2D eigenvalue weighted by atomic mass is 10.0. The summed E-state index contributed by atoms with van der Waals surface area (Å²) in [5.41, 5.74) is 29.1. The number of carbonyl (C=O) groups excluding carboxylic acids is 4. The average molecular weight is 643 g/mol. The van der Waals surface area contributed by atoms with Gasteiger partial charge in [-0.15, -0.1) is 0 Å². The van der Waals surface area contributed by atoms with Crippen molar-refractivity contribution in [2.45, 2.75) is 64.1 Å². The Morgan fingerprint density at radius 3 is 2.02 bits per heavy atom. The molecule has 0 fully saturated rings. The lowest BCUT2D eigenvalue weighted by molar-refractivity contribution is -0.133. The molecule has 2 aromatic rings. The number of nitrogens with two attached hydrogens (primary N) is 5. The minimum atomic E-state index is -1.05. The number of primary amides is 1. The highest BCUT2D eigenvalue weighted by Gasteiger charge is 2.29. The zero-order valence-electron chi connectivity index (χ0n) is 25.5. The second-order valence-corrected chi connectivity index (χ2v) is 11.4. The highest BCUT2D eigenvalue weighted by atomic mass is 35.5. The number of amides is 4. The third-order valence-electron chi connectivity index (χ3n) is 6.49. The fraction of sp³-hybridized carbons (Fsp3) is 0.400. The largest absolute Gasteiger partial charge is 0.370 e. The van der Waals surface area contributed by atoms with E-state index >= 15 is 0 Å². The Balaban J connectivity index is 2.18. The maximum absolute atomic E-state index is 13.5. The summed E-state index contributed by atoms with van der Waals surface area (Å²) in [6.07, 6.45) is 0.900. The van der Waals surface area contributed by atoms with E-state index in [4.69, 9.17) is 40.3 Å². The molecule has 14 nitrogen and oxygen atoms in total. The molecule has 15 heteroatoms. The minimum Gasteiger partial charge on any atom is -0.370 e. The Labute approximate surface area is 267 Å². The van der Waals surface area contributed by atoms with Crippen molar-refractivity contribution in [2.24, 2.45) is 44.6 Å². The number of aliphatic imine (C=N–C) groups is 2. The molecule has 0 bridgehead atoms. The van der Waals surface area contributed by atoms with Crippen LogP contribution in [0, 0.1) is 5.92 Å². The lowest BCUT2D eigenvalue weighted by Crippen LogP contribution is -2.57. The van der Waals surface area contributed by atoms with Crippen molar-refractivity contribution in [3.63, 3.8) is 0 Å². The first-order chi connectivity index (χ1) is 21.2. The van der Waals surface area contributed by atoms with E-state index in [1.807, 2.05) is 13.8 Å². The fourth-order valence-electron chi connectivity index (χ4n) is 4.41.